The van der Waals surface area contributed by atoms with Crippen LogP contribution in [0.4, 0.5) is 0 Å². The van der Waals surface area contributed by atoms with E-state index in [4.69, 9.17) is 5.11 Å². The van der Waals surface area contributed by atoms with E-state index in [-0.39, 0.29) is 6.61 Å². The highest BCUT2D eigenvalue weighted by molar-refractivity contribution is 5.00. The van der Waals surface area contributed by atoms with Gasteiger partial charge >= 0.3 is 0 Å². The highest BCUT2D eigenvalue weighted by Gasteiger charge is 2.03. The van der Waals surface area contributed by atoms with Gasteiger partial charge in [-0.15, -0.1) is 5.10 Å². The van der Waals surface area contributed by atoms with E-state index in [2.05, 4.69) is 15.3 Å². The fourth-order valence-electron chi connectivity index (χ4n) is 1.35. The molecule has 0 saturated heterocycles. The van der Waals surface area contributed by atoms with Gasteiger partial charge in [-0.1, -0.05) is 5.21 Å². The molecule has 6 nitrogen and oxygen atoms in total. The third kappa shape index (κ3) is 2.21. The maximum Gasteiger partial charge on any atom is 0.0946 e. The molecule has 0 aliphatic heterocycles. The molecule has 0 saturated carbocycles. The van der Waals surface area contributed by atoms with E-state index in [1.165, 1.54) is 0 Å². The minimum Gasteiger partial charge on any atom is -0.396 e. The fourth-order valence-corrected chi connectivity index (χ4v) is 1.35. The Balaban J connectivity index is 2.08. The Morgan fingerprint density at radius 2 is 2.33 bits per heavy atom. The summed E-state index contributed by atoms with van der Waals surface area (Å²) in [4.78, 5) is 4.02. The zero-order chi connectivity index (χ0) is 10.7. The van der Waals surface area contributed by atoms with Crippen LogP contribution in [-0.4, -0.2) is 36.3 Å². The van der Waals surface area contributed by atoms with Crippen molar-refractivity contribution < 1.29 is 5.11 Å². The average molecular weight is 207 g/mol. The van der Waals surface area contributed by atoms with E-state index in [9.17, 15) is 0 Å². The number of aliphatic hydroxyl groups is 1. The van der Waals surface area contributed by atoms with E-state index in [1.807, 2.05) is 17.8 Å². The van der Waals surface area contributed by atoms with Crippen LogP contribution >= 0.6 is 0 Å². The molecule has 1 N–H and O–H groups in total. The van der Waals surface area contributed by atoms with Gasteiger partial charge in [0.25, 0.3) is 0 Å². The molecule has 0 aromatic carbocycles. The van der Waals surface area contributed by atoms with E-state index >= 15 is 0 Å². The molecule has 0 amide bonds. The highest BCUT2D eigenvalue weighted by Crippen LogP contribution is 2.01. The van der Waals surface area contributed by atoms with Gasteiger partial charge in [-0.2, -0.15) is 0 Å². The van der Waals surface area contributed by atoms with E-state index in [1.54, 1.807) is 17.2 Å². The first kappa shape index (κ1) is 9.85. The zero-order valence-corrected chi connectivity index (χ0v) is 8.54. The second kappa shape index (κ2) is 4.22. The van der Waals surface area contributed by atoms with Gasteiger partial charge in [-0.25, -0.2) is 9.67 Å². The quantitative estimate of drug-likeness (QED) is 0.740. The number of nitrogens with zero attached hydrogens (tertiary/aromatic N) is 5. The van der Waals surface area contributed by atoms with Crippen LogP contribution in [0.1, 0.15) is 11.4 Å². The molecule has 2 aromatic rings. The van der Waals surface area contributed by atoms with Crippen LogP contribution in [-0.2, 0) is 20.0 Å². The molecule has 0 spiro atoms. The standard InChI is InChI=1S/C9H13N5O/c1-13-7-10-4-9(13)6-14-5-8(2-3-15)11-12-14/h4-5,7,15H,2-3,6H2,1H3. The SMILES string of the molecule is Cn1cncc1Cn1cc(CCO)nn1. The molecule has 0 bridgehead atoms. The third-order valence-corrected chi connectivity index (χ3v) is 2.19. The van der Waals surface area contributed by atoms with Crippen molar-refractivity contribution in [3.63, 3.8) is 0 Å². The van der Waals surface area contributed by atoms with Gasteiger partial charge in [-0.05, 0) is 0 Å². The summed E-state index contributed by atoms with van der Waals surface area (Å²) < 4.78 is 3.68. The topological polar surface area (TPSA) is 68.8 Å². The summed E-state index contributed by atoms with van der Waals surface area (Å²) in [5.41, 5.74) is 1.87. The molecule has 6 heteroatoms. The van der Waals surface area contributed by atoms with Crippen molar-refractivity contribution in [1.29, 1.82) is 0 Å². The second-order valence-electron chi connectivity index (χ2n) is 3.38. The van der Waals surface area contributed by atoms with Crippen molar-refractivity contribution in [3.8, 4) is 0 Å². The van der Waals surface area contributed by atoms with Crippen molar-refractivity contribution in [2.24, 2.45) is 7.05 Å². The van der Waals surface area contributed by atoms with Gasteiger partial charge in [0, 0.05) is 26.3 Å². The van der Waals surface area contributed by atoms with Gasteiger partial charge in [0.1, 0.15) is 0 Å². The van der Waals surface area contributed by atoms with E-state index < -0.39 is 0 Å². The van der Waals surface area contributed by atoms with Crippen LogP contribution in [0, 0.1) is 0 Å². The molecule has 0 fully saturated rings. The molecular weight excluding hydrogens is 194 g/mol. The number of rotatable bonds is 4. The molecule has 0 unspecified atom stereocenters. The highest BCUT2D eigenvalue weighted by atomic mass is 16.3. The predicted molar refractivity (Wildman–Crippen MR) is 53.1 cm³/mol. The summed E-state index contributed by atoms with van der Waals surface area (Å²) in [6, 6.07) is 0. The fraction of sp³-hybridized carbons (Fsp3) is 0.444. The maximum absolute atomic E-state index is 8.74. The number of aromatic nitrogens is 5. The Kier molecular flexibility index (Phi) is 2.77. The Labute approximate surface area is 87.2 Å². The number of aliphatic hydroxyl groups excluding tert-OH is 1. The molecule has 2 heterocycles. The number of imidazole rings is 1. The van der Waals surface area contributed by atoms with E-state index in [0.29, 0.717) is 13.0 Å². The molecular formula is C9H13N5O. The van der Waals surface area contributed by atoms with Gasteiger partial charge < -0.3 is 9.67 Å². The normalized spacial score (nSPS) is 10.8. The van der Waals surface area contributed by atoms with Crippen LogP contribution in [0.3, 0.4) is 0 Å². The van der Waals surface area contributed by atoms with Crippen LogP contribution in [0.5, 0.6) is 0 Å². The lowest BCUT2D eigenvalue weighted by Crippen LogP contribution is -2.04. The molecule has 80 valence electrons. The molecule has 15 heavy (non-hydrogen) atoms. The molecule has 2 rings (SSSR count). The van der Waals surface area contributed by atoms with Crippen molar-refractivity contribution in [2.75, 3.05) is 6.61 Å². The average Bonchev–Trinajstić information content (AvgIpc) is 2.79. The summed E-state index contributed by atoms with van der Waals surface area (Å²) in [7, 11) is 1.94. The first-order valence-electron chi connectivity index (χ1n) is 4.74. The summed E-state index contributed by atoms with van der Waals surface area (Å²) in [6.45, 7) is 0.749. The van der Waals surface area contributed by atoms with Gasteiger partial charge in [0.15, 0.2) is 0 Å². The Hall–Kier alpha value is -1.69. The van der Waals surface area contributed by atoms with Crippen LogP contribution in [0.25, 0.3) is 0 Å². The van der Waals surface area contributed by atoms with E-state index in [0.717, 1.165) is 11.4 Å². The van der Waals surface area contributed by atoms with Gasteiger partial charge in [0.05, 0.1) is 30.5 Å². The Morgan fingerprint density at radius 3 is 3.00 bits per heavy atom. The Morgan fingerprint density at radius 1 is 1.47 bits per heavy atom. The van der Waals surface area contributed by atoms with Crippen molar-refractivity contribution >= 4 is 0 Å². The number of hydrogen-bond acceptors (Lipinski definition) is 4. The lowest BCUT2D eigenvalue weighted by molar-refractivity contribution is 0.298. The molecule has 2 aromatic heterocycles. The molecule has 0 radical (unpaired) electrons. The molecule has 0 aliphatic rings. The Bertz CT molecular complexity index is 433. The van der Waals surface area contributed by atoms with Crippen LogP contribution in [0.15, 0.2) is 18.7 Å². The molecule has 0 atom stereocenters. The largest absolute Gasteiger partial charge is 0.396 e. The monoisotopic (exact) mass is 207 g/mol. The van der Waals surface area contributed by atoms with Crippen molar-refractivity contribution in [3.05, 3.63) is 30.1 Å². The van der Waals surface area contributed by atoms with Gasteiger partial charge in [-0.3, -0.25) is 0 Å². The zero-order valence-electron chi connectivity index (χ0n) is 8.54. The van der Waals surface area contributed by atoms with Crippen LogP contribution in [0.2, 0.25) is 0 Å². The maximum atomic E-state index is 8.74. The van der Waals surface area contributed by atoms with Gasteiger partial charge in [0.2, 0.25) is 0 Å². The predicted octanol–water partition coefficient (Wildman–Crippen LogP) is -0.405. The third-order valence-electron chi connectivity index (χ3n) is 2.19. The summed E-state index contributed by atoms with van der Waals surface area (Å²) >= 11 is 0. The minimum absolute atomic E-state index is 0.102. The molecule has 0 aliphatic carbocycles. The first-order chi connectivity index (χ1) is 7.29. The number of hydrogen-bond donors (Lipinski definition) is 1. The van der Waals surface area contributed by atoms with Crippen molar-refractivity contribution in [1.82, 2.24) is 24.5 Å². The lowest BCUT2D eigenvalue weighted by Gasteiger charge is -2.00. The lowest BCUT2D eigenvalue weighted by atomic mass is 10.3. The summed E-state index contributed by atoms with van der Waals surface area (Å²) in [5, 5.41) is 16.6. The summed E-state index contributed by atoms with van der Waals surface area (Å²) in [5.74, 6) is 0. The second-order valence-corrected chi connectivity index (χ2v) is 3.38. The number of aryl methyl sites for hydroxylation is 1. The van der Waals surface area contributed by atoms with Crippen molar-refractivity contribution in [2.45, 2.75) is 13.0 Å². The minimum atomic E-state index is 0.102. The first-order valence-corrected chi connectivity index (χ1v) is 4.74. The smallest absolute Gasteiger partial charge is 0.0946 e. The van der Waals surface area contributed by atoms with Crippen LogP contribution < -0.4 is 0 Å². The summed E-state index contributed by atoms with van der Waals surface area (Å²) in [6.07, 6.45) is 5.93.